The van der Waals surface area contributed by atoms with E-state index in [0.29, 0.717) is 48.5 Å². The van der Waals surface area contributed by atoms with Gasteiger partial charge in [-0.3, -0.25) is 14.5 Å². The van der Waals surface area contributed by atoms with Crippen LogP contribution in [-0.4, -0.2) is 78.5 Å². The molecule has 0 unspecified atom stereocenters. The Balaban J connectivity index is 1.60. The molecule has 3 aromatic heterocycles. The summed E-state index contributed by atoms with van der Waals surface area (Å²) in [6, 6.07) is 9.38. The molecule has 13 heteroatoms. The maximum atomic E-state index is 12.2. The lowest BCUT2D eigenvalue weighted by molar-refractivity contribution is 0.273. The number of rotatable bonds is 14. The number of benzene rings is 1. The second-order valence-electron chi connectivity index (χ2n) is 9.39. The molecule has 41 heavy (non-hydrogen) atoms. The zero-order valence-corrected chi connectivity index (χ0v) is 25.0. The number of aromatic nitrogens is 5. The van der Waals surface area contributed by atoms with Crippen LogP contribution in [0.2, 0.25) is 0 Å². The Bertz CT molecular complexity index is 1670. The number of aryl methyl sites for hydroxylation is 1. The van der Waals surface area contributed by atoms with Gasteiger partial charge in [-0.05, 0) is 55.8 Å². The summed E-state index contributed by atoms with van der Waals surface area (Å²) in [5, 5.41) is 36.6. The van der Waals surface area contributed by atoms with E-state index in [9.17, 15) is 15.0 Å². The first-order valence-electron chi connectivity index (χ1n) is 13.4. The number of hydrogen-bond acceptors (Lipinski definition) is 9. The standard InChI is InChI=1S/C28H35IN8O4/c1-19-3-6-26(40)23(33-19)18-37-25-15-20(4-5-21(25)34-27(37)32-9-2-8-30-11-13-38)17-31-10-7-24-22(16-29)35-28(41)36(24)12-14-39/h3-7,10,15-16,30,38-40H,2,8-9,11-14,17-18H2,1H3,(H,32,34)(H,35,41)/b22-16+,24-7+,31-10?. The zero-order chi connectivity index (χ0) is 29.2. The van der Waals surface area contributed by atoms with E-state index in [1.807, 2.05) is 29.7 Å². The molecule has 12 nitrogen and oxygen atoms in total. The third-order valence-corrected chi connectivity index (χ3v) is 7.03. The van der Waals surface area contributed by atoms with Gasteiger partial charge in [-0.15, -0.1) is 0 Å². The third kappa shape index (κ3) is 7.81. The number of imidazole rings is 2. The Labute approximate surface area is 250 Å². The third-order valence-electron chi connectivity index (χ3n) is 6.41. The maximum absolute atomic E-state index is 12.2. The topological polar surface area (TPSA) is 166 Å². The van der Waals surface area contributed by atoms with Gasteiger partial charge >= 0.3 is 5.69 Å². The normalized spacial score (nSPS) is 12.8. The average molecular weight is 675 g/mol. The van der Waals surface area contributed by atoms with E-state index in [1.165, 1.54) is 4.57 Å². The van der Waals surface area contributed by atoms with Crippen LogP contribution < -0.4 is 27.0 Å². The largest absolute Gasteiger partial charge is 0.506 e. The van der Waals surface area contributed by atoms with E-state index in [2.05, 4.69) is 48.2 Å². The summed E-state index contributed by atoms with van der Waals surface area (Å²) in [6.45, 7) is 4.80. The number of aliphatic hydroxyl groups excluding tert-OH is 2. The highest BCUT2D eigenvalue weighted by Crippen LogP contribution is 2.25. The molecule has 1 aromatic carbocycles. The molecular weight excluding hydrogens is 639 g/mol. The monoisotopic (exact) mass is 674 g/mol. The number of halogens is 1. The fraction of sp³-hybridized carbons (Fsp3) is 0.357. The Hall–Kier alpha value is -3.53. The molecular formula is C28H35IN8O4. The molecule has 218 valence electrons. The predicted octanol–water partition coefficient (Wildman–Crippen LogP) is 0.584. The van der Waals surface area contributed by atoms with Crippen LogP contribution in [0, 0.1) is 6.92 Å². The zero-order valence-electron chi connectivity index (χ0n) is 22.8. The average Bonchev–Trinajstić information content (AvgIpc) is 3.46. The van der Waals surface area contributed by atoms with Gasteiger partial charge in [0.1, 0.15) is 11.4 Å². The van der Waals surface area contributed by atoms with Crippen molar-refractivity contribution >= 4 is 55.9 Å². The SMILES string of the molecule is Cc1ccc(O)c(Cn2c(NCCCNCCO)nc3ccc(CN=C/C=c4\c(=C/I)[nH]c(=O)n4CCO)cc32)n1. The molecule has 0 bridgehead atoms. The van der Waals surface area contributed by atoms with Gasteiger partial charge < -0.3 is 35.5 Å². The Kier molecular flexibility index (Phi) is 11.1. The van der Waals surface area contributed by atoms with Crippen molar-refractivity contribution < 1.29 is 15.3 Å². The Morgan fingerprint density at radius 3 is 2.73 bits per heavy atom. The lowest BCUT2D eigenvalue weighted by atomic mass is 10.2. The van der Waals surface area contributed by atoms with Crippen molar-refractivity contribution in [2.75, 3.05) is 38.2 Å². The van der Waals surface area contributed by atoms with Gasteiger partial charge in [-0.25, -0.2) is 9.78 Å². The summed E-state index contributed by atoms with van der Waals surface area (Å²) < 4.78 is 5.26. The van der Waals surface area contributed by atoms with Gasteiger partial charge in [0, 0.05) is 29.1 Å². The van der Waals surface area contributed by atoms with Gasteiger partial charge in [0.05, 0.1) is 54.6 Å². The summed E-state index contributed by atoms with van der Waals surface area (Å²) >= 11 is 2.07. The Morgan fingerprint density at radius 2 is 1.95 bits per heavy atom. The van der Waals surface area contributed by atoms with Crippen molar-refractivity contribution in [3.05, 3.63) is 68.5 Å². The smallest absolute Gasteiger partial charge is 0.326 e. The van der Waals surface area contributed by atoms with Gasteiger partial charge in [-0.1, -0.05) is 28.7 Å². The van der Waals surface area contributed by atoms with Crippen LogP contribution in [0.5, 0.6) is 5.75 Å². The van der Waals surface area contributed by atoms with Crippen molar-refractivity contribution in [3.8, 4) is 5.75 Å². The van der Waals surface area contributed by atoms with E-state index < -0.39 is 0 Å². The highest BCUT2D eigenvalue weighted by Gasteiger charge is 2.14. The second kappa shape index (κ2) is 14.9. The van der Waals surface area contributed by atoms with Gasteiger partial charge in [0.2, 0.25) is 5.95 Å². The molecule has 0 saturated heterocycles. The number of pyridine rings is 1. The van der Waals surface area contributed by atoms with E-state index in [-0.39, 0.29) is 31.2 Å². The van der Waals surface area contributed by atoms with Gasteiger partial charge in [0.25, 0.3) is 0 Å². The second-order valence-corrected chi connectivity index (χ2v) is 10.0. The summed E-state index contributed by atoms with van der Waals surface area (Å²) in [5.74, 6) is 0.802. The van der Waals surface area contributed by atoms with E-state index in [4.69, 9.17) is 10.1 Å². The number of aliphatic hydroxyl groups is 2. The predicted molar refractivity (Wildman–Crippen MR) is 169 cm³/mol. The molecule has 0 atom stereocenters. The number of aliphatic imine (C=N–C) groups is 1. The van der Waals surface area contributed by atoms with Crippen LogP contribution in [0.3, 0.4) is 0 Å². The molecule has 3 heterocycles. The first-order valence-corrected chi connectivity index (χ1v) is 14.6. The summed E-state index contributed by atoms with van der Waals surface area (Å²) in [4.78, 5) is 28.8. The number of aromatic amines is 1. The van der Waals surface area contributed by atoms with Crippen LogP contribution in [0.25, 0.3) is 21.2 Å². The molecule has 0 spiro atoms. The molecule has 6 N–H and O–H groups in total. The van der Waals surface area contributed by atoms with E-state index >= 15 is 0 Å². The van der Waals surface area contributed by atoms with E-state index in [1.54, 1.807) is 28.5 Å². The molecule has 0 saturated carbocycles. The minimum Gasteiger partial charge on any atom is -0.506 e. The van der Waals surface area contributed by atoms with Crippen molar-refractivity contribution in [3.63, 3.8) is 0 Å². The molecule has 0 aliphatic rings. The number of H-pyrrole nitrogens is 1. The van der Waals surface area contributed by atoms with Crippen molar-refractivity contribution in [1.29, 1.82) is 0 Å². The maximum Gasteiger partial charge on any atom is 0.326 e. The summed E-state index contributed by atoms with van der Waals surface area (Å²) in [6.07, 6.45) is 4.26. The van der Waals surface area contributed by atoms with Crippen molar-refractivity contribution in [2.24, 2.45) is 4.99 Å². The highest BCUT2D eigenvalue weighted by molar-refractivity contribution is 14.1. The molecule has 0 amide bonds. The molecule has 0 aliphatic carbocycles. The molecule has 0 radical (unpaired) electrons. The van der Waals surface area contributed by atoms with Crippen molar-refractivity contribution in [1.82, 2.24) is 29.4 Å². The van der Waals surface area contributed by atoms with Crippen LogP contribution in [-0.2, 0) is 19.6 Å². The Morgan fingerprint density at radius 1 is 1.10 bits per heavy atom. The van der Waals surface area contributed by atoms with Crippen LogP contribution in [0.15, 0.2) is 40.1 Å². The van der Waals surface area contributed by atoms with Gasteiger partial charge in [0.15, 0.2) is 0 Å². The number of hydrogen-bond donors (Lipinski definition) is 6. The lowest BCUT2D eigenvalue weighted by Crippen LogP contribution is -2.33. The number of nitrogens with one attached hydrogen (secondary N) is 3. The molecule has 0 aliphatic heterocycles. The highest BCUT2D eigenvalue weighted by atomic mass is 127. The summed E-state index contributed by atoms with van der Waals surface area (Å²) in [5.41, 5.74) is 3.74. The number of fused-ring (bicyclic) bond motifs is 1. The summed E-state index contributed by atoms with van der Waals surface area (Å²) in [7, 11) is 0. The van der Waals surface area contributed by atoms with Crippen LogP contribution in [0.1, 0.15) is 23.4 Å². The number of aromatic hydroxyl groups is 1. The minimum absolute atomic E-state index is 0.107. The lowest BCUT2D eigenvalue weighted by Gasteiger charge is -2.12. The fourth-order valence-corrected chi connectivity index (χ4v) is 4.89. The van der Waals surface area contributed by atoms with Crippen molar-refractivity contribution in [2.45, 2.75) is 33.0 Å². The van der Waals surface area contributed by atoms with Gasteiger partial charge in [-0.2, -0.15) is 0 Å². The number of nitrogens with zero attached hydrogens (tertiary/aromatic N) is 5. The first kappa shape index (κ1) is 30.4. The number of anilines is 1. The molecule has 0 fully saturated rings. The molecule has 4 rings (SSSR count). The fourth-order valence-electron chi connectivity index (χ4n) is 4.42. The van der Waals surface area contributed by atoms with E-state index in [0.717, 1.165) is 35.3 Å². The van der Waals surface area contributed by atoms with Crippen LogP contribution >= 0.6 is 22.6 Å². The molecule has 4 aromatic rings. The first-order chi connectivity index (χ1) is 19.9. The quantitative estimate of drug-likeness (QED) is 0.0643. The van der Waals surface area contributed by atoms with Crippen LogP contribution in [0.4, 0.5) is 5.95 Å². The minimum atomic E-state index is -0.277.